The minimum Gasteiger partial charge on any atom is -0.324 e. The highest BCUT2D eigenvalue weighted by atomic mass is 32.2. The highest BCUT2D eigenvalue weighted by Gasteiger charge is 2.21. The second-order valence-electron chi connectivity index (χ2n) is 6.37. The number of aryl methyl sites for hydroxylation is 1. The van der Waals surface area contributed by atoms with Gasteiger partial charge in [-0.2, -0.15) is 0 Å². The van der Waals surface area contributed by atoms with Crippen LogP contribution in [0.4, 0.5) is 5.69 Å². The van der Waals surface area contributed by atoms with Crippen LogP contribution >= 0.6 is 23.5 Å². The standard InChI is InChI=1S/C21H24N4OS2/c1-5-25-19(16-10-8-9-14(2)13-16)23-24-21(25)28-15(3)20(26)22-17-11-6-7-12-18(17)27-4/h6-13,15H,5H2,1-4H3,(H,22,26). The molecule has 0 fully saturated rings. The number of carbonyl (C=O) groups excluding carboxylic acids is 1. The molecule has 0 aliphatic heterocycles. The van der Waals surface area contributed by atoms with E-state index < -0.39 is 0 Å². The van der Waals surface area contributed by atoms with Gasteiger partial charge in [-0.05, 0) is 45.2 Å². The van der Waals surface area contributed by atoms with Crippen LogP contribution in [0.25, 0.3) is 11.4 Å². The SMILES string of the molecule is CCn1c(SC(C)C(=O)Nc2ccccc2SC)nnc1-c1cccc(C)c1. The number of carbonyl (C=O) groups is 1. The van der Waals surface area contributed by atoms with Crippen molar-refractivity contribution in [3.05, 3.63) is 54.1 Å². The largest absolute Gasteiger partial charge is 0.324 e. The van der Waals surface area contributed by atoms with Gasteiger partial charge in [0.1, 0.15) is 0 Å². The number of hydrogen-bond donors (Lipinski definition) is 1. The minimum atomic E-state index is -0.297. The molecule has 0 aliphatic rings. The van der Waals surface area contributed by atoms with E-state index in [0.717, 1.165) is 33.7 Å². The van der Waals surface area contributed by atoms with Crippen molar-refractivity contribution in [2.24, 2.45) is 0 Å². The molecule has 1 aromatic heterocycles. The van der Waals surface area contributed by atoms with Gasteiger partial charge in [-0.1, -0.05) is 47.7 Å². The summed E-state index contributed by atoms with van der Waals surface area (Å²) in [7, 11) is 0. The van der Waals surface area contributed by atoms with E-state index in [1.807, 2.05) is 49.6 Å². The van der Waals surface area contributed by atoms with E-state index in [1.54, 1.807) is 11.8 Å². The summed E-state index contributed by atoms with van der Waals surface area (Å²) in [6.07, 6.45) is 2.00. The first-order valence-electron chi connectivity index (χ1n) is 9.14. The Labute approximate surface area is 174 Å². The molecule has 5 nitrogen and oxygen atoms in total. The molecule has 0 bridgehead atoms. The molecule has 7 heteroatoms. The van der Waals surface area contributed by atoms with Gasteiger partial charge in [-0.25, -0.2) is 0 Å². The Balaban J connectivity index is 1.77. The normalized spacial score (nSPS) is 12.0. The van der Waals surface area contributed by atoms with Gasteiger partial charge in [0.2, 0.25) is 5.91 Å². The van der Waals surface area contributed by atoms with Crippen molar-refractivity contribution < 1.29 is 4.79 Å². The highest BCUT2D eigenvalue weighted by Crippen LogP contribution is 2.29. The van der Waals surface area contributed by atoms with E-state index in [2.05, 4.69) is 46.1 Å². The second kappa shape index (κ2) is 9.30. The Hall–Kier alpha value is -2.25. The van der Waals surface area contributed by atoms with Crippen LogP contribution < -0.4 is 5.32 Å². The molecule has 0 saturated carbocycles. The molecule has 0 radical (unpaired) electrons. The van der Waals surface area contributed by atoms with Crippen molar-refractivity contribution in [1.29, 1.82) is 0 Å². The average molecular weight is 413 g/mol. The summed E-state index contributed by atoms with van der Waals surface area (Å²) >= 11 is 3.04. The van der Waals surface area contributed by atoms with Crippen molar-refractivity contribution in [3.8, 4) is 11.4 Å². The maximum atomic E-state index is 12.7. The number of amides is 1. The summed E-state index contributed by atoms with van der Waals surface area (Å²) in [5, 5.41) is 12.2. The predicted octanol–water partition coefficient (Wildman–Crippen LogP) is 5.11. The van der Waals surface area contributed by atoms with Crippen LogP contribution in [0.5, 0.6) is 0 Å². The Morgan fingerprint density at radius 1 is 1.18 bits per heavy atom. The van der Waals surface area contributed by atoms with Gasteiger partial charge in [-0.15, -0.1) is 22.0 Å². The van der Waals surface area contributed by atoms with Gasteiger partial charge in [0, 0.05) is 17.0 Å². The third kappa shape index (κ3) is 4.59. The molecule has 1 heterocycles. The summed E-state index contributed by atoms with van der Waals surface area (Å²) in [6, 6.07) is 16.0. The van der Waals surface area contributed by atoms with Crippen molar-refractivity contribution in [1.82, 2.24) is 14.8 Å². The zero-order chi connectivity index (χ0) is 20.1. The fraction of sp³-hybridized carbons (Fsp3) is 0.286. The molecule has 0 aliphatic carbocycles. The molecular formula is C21H24N4OS2. The summed E-state index contributed by atoms with van der Waals surface area (Å²) in [5.74, 6) is 0.781. The lowest BCUT2D eigenvalue weighted by atomic mass is 10.1. The molecule has 1 atom stereocenters. The van der Waals surface area contributed by atoms with Crippen LogP contribution in [0.2, 0.25) is 0 Å². The van der Waals surface area contributed by atoms with Crippen molar-refractivity contribution in [3.63, 3.8) is 0 Å². The first-order valence-corrected chi connectivity index (χ1v) is 11.2. The van der Waals surface area contributed by atoms with Gasteiger partial charge >= 0.3 is 0 Å². The van der Waals surface area contributed by atoms with Gasteiger partial charge in [0.25, 0.3) is 0 Å². The summed E-state index contributed by atoms with van der Waals surface area (Å²) < 4.78 is 2.05. The number of para-hydroxylation sites is 1. The summed E-state index contributed by atoms with van der Waals surface area (Å²) in [4.78, 5) is 13.8. The average Bonchev–Trinajstić information content (AvgIpc) is 3.10. The van der Waals surface area contributed by atoms with Crippen molar-refractivity contribution >= 4 is 35.1 Å². The van der Waals surface area contributed by atoms with Crippen LogP contribution in [0, 0.1) is 6.92 Å². The Bertz CT molecular complexity index is 971. The Morgan fingerprint density at radius 3 is 2.68 bits per heavy atom. The number of benzene rings is 2. The first-order chi connectivity index (χ1) is 13.5. The van der Waals surface area contributed by atoms with E-state index in [0.29, 0.717) is 0 Å². The number of hydrogen-bond acceptors (Lipinski definition) is 5. The zero-order valence-corrected chi connectivity index (χ0v) is 18.1. The molecule has 3 aromatic rings. The highest BCUT2D eigenvalue weighted by molar-refractivity contribution is 8.00. The van der Waals surface area contributed by atoms with Crippen LogP contribution in [0.3, 0.4) is 0 Å². The molecule has 1 amide bonds. The van der Waals surface area contributed by atoms with Gasteiger partial charge in [0.05, 0.1) is 10.9 Å². The van der Waals surface area contributed by atoms with E-state index in [9.17, 15) is 4.79 Å². The maximum Gasteiger partial charge on any atom is 0.237 e. The second-order valence-corrected chi connectivity index (χ2v) is 8.53. The molecular weight excluding hydrogens is 388 g/mol. The van der Waals surface area contributed by atoms with E-state index in [-0.39, 0.29) is 11.2 Å². The van der Waals surface area contributed by atoms with Crippen LogP contribution in [0.1, 0.15) is 19.4 Å². The number of rotatable bonds is 7. The third-order valence-electron chi connectivity index (χ3n) is 4.33. The van der Waals surface area contributed by atoms with Crippen LogP contribution in [-0.2, 0) is 11.3 Å². The first kappa shape index (κ1) is 20.5. The summed E-state index contributed by atoms with van der Waals surface area (Å²) in [5.41, 5.74) is 3.05. The van der Waals surface area contributed by atoms with Crippen LogP contribution in [0.15, 0.2) is 58.6 Å². The van der Waals surface area contributed by atoms with Crippen LogP contribution in [-0.4, -0.2) is 32.2 Å². The smallest absolute Gasteiger partial charge is 0.237 e. The molecule has 1 unspecified atom stereocenters. The van der Waals surface area contributed by atoms with Crippen molar-refractivity contribution in [2.45, 2.75) is 42.6 Å². The monoisotopic (exact) mass is 412 g/mol. The molecule has 0 saturated heterocycles. The lowest BCUT2D eigenvalue weighted by molar-refractivity contribution is -0.115. The molecule has 1 N–H and O–H groups in total. The fourth-order valence-electron chi connectivity index (χ4n) is 2.85. The van der Waals surface area contributed by atoms with E-state index >= 15 is 0 Å². The maximum absolute atomic E-state index is 12.7. The molecule has 3 rings (SSSR count). The lowest BCUT2D eigenvalue weighted by Gasteiger charge is -2.14. The molecule has 28 heavy (non-hydrogen) atoms. The third-order valence-corrected chi connectivity index (χ3v) is 6.20. The molecule has 2 aromatic carbocycles. The van der Waals surface area contributed by atoms with E-state index in [4.69, 9.17) is 0 Å². The Kier molecular flexibility index (Phi) is 6.80. The number of nitrogens with zero attached hydrogens (tertiary/aromatic N) is 3. The number of thioether (sulfide) groups is 2. The number of nitrogens with one attached hydrogen (secondary N) is 1. The van der Waals surface area contributed by atoms with Gasteiger partial charge in [0.15, 0.2) is 11.0 Å². The number of aromatic nitrogens is 3. The number of anilines is 1. The van der Waals surface area contributed by atoms with Gasteiger partial charge in [-0.3, -0.25) is 4.79 Å². The molecule has 146 valence electrons. The van der Waals surface area contributed by atoms with E-state index in [1.165, 1.54) is 17.3 Å². The zero-order valence-electron chi connectivity index (χ0n) is 16.5. The fourth-order valence-corrected chi connectivity index (χ4v) is 4.32. The van der Waals surface area contributed by atoms with Gasteiger partial charge < -0.3 is 9.88 Å². The Morgan fingerprint density at radius 2 is 1.96 bits per heavy atom. The summed E-state index contributed by atoms with van der Waals surface area (Å²) in [6.45, 7) is 6.75. The quantitative estimate of drug-likeness (QED) is 0.546. The topological polar surface area (TPSA) is 59.8 Å². The minimum absolute atomic E-state index is 0.0470. The van der Waals surface area contributed by atoms with Crippen molar-refractivity contribution in [2.75, 3.05) is 11.6 Å². The lowest BCUT2D eigenvalue weighted by Crippen LogP contribution is -2.23. The molecule has 0 spiro atoms. The predicted molar refractivity (Wildman–Crippen MR) is 118 cm³/mol.